The molecule has 0 aliphatic carbocycles. The number of carbonyl (C=O) groups is 2. The van der Waals surface area contributed by atoms with Crippen molar-refractivity contribution in [1.29, 1.82) is 0 Å². The molecule has 2 heterocycles. The Morgan fingerprint density at radius 3 is 2.72 bits per heavy atom. The zero-order chi connectivity index (χ0) is 17.8. The Labute approximate surface area is 152 Å². The highest BCUT2D eigenvalue weighted by Crippen LogP contribution is 2.24. The highest BCUT2D eigenvalue weighted by atomic mass is 32.1. The lowest BCUT2D eigenvalue weighted by Crippen LogP contribution is -2.35. The summed E-state index contributed by atoms with van der Waals surface area (Å²) in [4.78, 5) is 31.8. The van der Waals surface area contributed by atoms with Gasteiger partial charge in [-0.1, -0.05) is 30.3 Å². The maximum Gasteiger partial charge on any atom is 0.265 e. The molecule has 0 radical (unpaired) electrons. The third-order valence-electron chi connectivity index (χ3n) is 4.50. The number of amides is 2. The second-order valence-electron chi connectivity index (χ2n) is 6.41. The molecule has 0 saturated carbocycles. The van der Waals surface area contributed by atoms with E-state index in [1.54, 1.807) is 4.90 Å². The fraction of sp³-hybridized carbons (Fsp3) is 0.421. The number of hydrogen-bond donors (Lipinski definition) is 1. The van der Waals surface area contributed by atoms with E-state index in [1.807, 2.05) is 32.0 Å². The van der Waals surface area contributed by atoms with Crippen molar-refractivity contribution in [3.8, 4) is 0 Å². The lowest BCUT2D eigenvalue weighted by atomic mass is 10.1. The van der Waals surface area contributed by atoms with Crippen LogP contribution in [0.5, 0.6) is 0 Å². The van der Waals surface area contributed by atoms with Crippen LogP contribution in [0, 0.1) is 19.8 Å². The molecule has 1 aromatic heterocycles. The van der Waals surface area contributed by atoms with E-state index in [2.05, 4.69) is 22.4 Å². The maximum absolute atomic E-state index is 12.6. The van der Waals surface area contributed by atoms with Gasteiger partial charge in [0, 0.05) is 19.6 Å². The van der Waals surface area contributed by atoms with Gasteiger partial charge in [0.05, 0.1) is 16.6 Å². The smallest absolute Gasteiger partial charge is 0.265 e. The Hall–Kier alpha value is -2.21. The van der Waals surface area contributed by atoms with Crippen LogP contribution in [-0.4, -0.2) is 41.3 Å². The van der Waals surface area contributed by atoms with Gasteiger partial charge in [0.2, 0.25) is 5.91 Å². The first-order chi connectivity index (χ1) is 12.0. The van der Waals surface area contributed by atoms with Crippen molar-refractivity contribution < 1.29 is 9.59 Å². The minimum atomic E-state index is -0.117. The molecule has 6 heteroatoms. The molecule has 0 spiro atoms. The number of benzene rings is 1. The summed E-state index contributed by atoms with van der Waals surface area (Å²) >= 11 is 1.43. The molecule has 2 aromatic rings. The molecule has 25 heavy (non-hydrogen) atoms. The third kappa shape index (κ3) is 4.25. The predicted molar refractivity (Wildman–Crippen MR) is 98.8 cm³/mol. The number of likely N-dealkylation sites (tertiary alicyclic amines) is 1. The molecule has 1 N–H and O–H groups in total. The topological polar surface area (TPSA) is 62.3 Å². The maximum atomic E-state index is 12.6. The van der Waals surface area contributed by atoms with Crippen molar-refractivity contribution >= 4 is 23.2 Å². The van der Waals surface area contributed by atoms with Crippen LogP contribution >= 0.6 is 11.3 Å². The Bertz CT molecular complexity index is 757. The molecule has 2 amide bonds. The summed E-state index contributed by atoms with van der Waals surface area (Å²) in [7, 11) is 0. The quantitative estimate of drug-likeness (QED) is 0.895. The molecule has 1 unspecified atom stereocenters. The number of aromatic nitrogens is 1. The molecule has 1 atom stereocenters. The highest BCUT2D eigenvalue weighted by molar-refractivity contribution is 7.13. The van der Waals surface area contributed by atoms with Gasteiger partial charge in [-0.3, -0.25) is 9.59 Å². The monoisotopic (exact) mass is 357 g/mol. The minimum absolute atomic E-state index is 0.00249. The van der Waals surface area contributed by atoms with Crippen molar-refractivity contribution in [2.24, 2.45) is 5.92 Å². The van der Waals surface area contributed by atoms with Gasteiger partial charge in [-0.15, -0.1) is 11.3 Å². The summed E-state index contributed by atoms with van der Waals surface area (Å²) in [6.45, 7) is 5.51. The second-order valence-corrected chi connectivity index (χ2v) is 7.61. The summed E-state index contributed by atoms with van der Waals surface area (Å²) in [6.07, 6.45) is 1.54. The van der Waals surface area contributed by atoms with E-state index in [4.69, 9.17) is 0 Å². The van der Waals surface area contributed by atoms with Gasteiger partial charge in [0.25, 0.3) is 5.91 Å². The van der Waals surface area contributed by atoms with E-state index < -0.39 is 0 Å². The van der Waals surface area contributed by atoms with Crippen LogP contribution in [0.3, 0.4) is 0 Å². The summed E-state index contributed by atoms with van der Waals surface area (Å²) in [5, 5.41) is 3.90. The molecular formula is C19H23N3O2S. The van der Waals surface area contributed by atoms with E-state index in [-0.39, 0.29) is 17.7 Å². The van der Waals surface area contributed by atoms with Crippen molar-refractivity contribution in [2.45, 2.75) is 26.7 Å². The van der Waals surface area contributed by atoms with E-state index in [1.165, 1.54) is 16.9 Å². The van der Waals surface area contributed by atoms with Gasteiger partial charge < -0.3 is 10.2 Å². The molecule has 1 aliphatic heterocycles. The fourth-order valence-corrected chi connectivity index (χ4v) is 4.04. The van der Waals surface area contributed by atoms with E-state index >= 15 is 0 Å². The minimum Gasteiger partial charge on any atom is -0.355 e. The van der Waals surface area contributed by atoms with E-state index in [0.29, 0.717) is 24.5 Å². The standard InChI is InChI=1S/C19H23N3O2S/c1-13-17(25-14(2)21-13)19(24)22-11-9-16(12-22)18(23)20-10-8-15-6-4-3-5-7-15/h3-7,16H,8-12H2,1-2H3,(H,20,23). The Morgan fingerprint density at radius 1 is 1.28 bits per heavy atom. The first kappa shape index (κ1) is 17.6. The Morgan fingerprint density at radius 2 is 2.04 bits per heavy atom. The number of hydrogen-bond acceptors (Lipinski definition) is 4. The van der Waals surface area contributed by atoms with Crippen molar-refractivity contribution in [3.63, 3.8) is 0 Å². The van der Waals surface area contributed by atoms with Crippen LogP contribution in [0.25, 0.3) is 0 Å². The van der Waals surface area contributed by atoms with Gasteiger partial charge in [-0.05, 0) is 32.3 Å². The van der Waals surface area contributed by atoms with E-state index in [0.717, 1.165) is 23.5 Å². The Kier molecular flexibility index (Phi) is 5.48. The first-order valence-corrected chi connectivity index (χ1v) is 9.41. The van der Waals surface area contributed by atoms with Crippen LogP contribution in [0.4, 0.5) is 0 Å². The number of carbonyl (C=O) groups excluding carboxylic acids is 2. The molecule has 1 saturated heterocycles. The molecule has 5 nitrogen and oxygen atoms in total. The van der Waals surface area contributed by atoms with Gasteiger partial charge in [0.15, 0.2) is 0 Å². The predicted octanol–water partition coefficient (Wildman–Crippen LogP) is 2.58. The number of aryl methyl sites for hydroxylation is 2. The lowest BCUT2D eigenvalue weighted by Gasteiger charge is -2.16. The number of nitrogens with zero attached hydrogens (tertiary/aromatic N) is 2. The van der Waals surface area contributed by atoms with Gasteiger partial charge >= 0.3 is 0 Å². The van der Waals surface area contributed by atoms with Gasteiger partial charge in [-0.25, -0.2) is 4.98 Å². The molecular weight excluding hydrogens is 334 g/mol. The number of rotatable bonds is 5. The van der Waals surface area contributed by atoms with Crippen LogP contribution in [0.2, 0.25) is 0 Å². The van der Waals surface area contributed by atoms with Gasteiger partial charge in [-0.2, -0.15) is 0 Å². The largest absolute Gasteiger partial charge is 0.355 e. The number of thiazole rings is 1. The van der Waals surface area contributed by atoms with Crippen molar-refractivity contribution in [1.82, 2.24) is 15.2 Å². The first-order valence-electron chi connectivity index (χ1n) is 8.59. The zero-order valence-electron chi connectivity index (χ0n) is 14.6. The van der Waals surface area contributed by atoms with Crippen LogP contribution in [0.1, 0.15) is 32.4 Å². The van der Waals surface area contributed by atoms with Crippen molar-refractivity contribution in [3.05, 3.63) is 51.5 Å². The average Bonchev–Trinajstić information content (AvgIpc) is 3.22. The lowest BCUT2D eigenvalue weighted by molar-refractivity contribution is -0.124. The zero-order valence-corrected chi connectivity index (χ0v) is 15.4. The molecule has 1 fully saturated rings. The van der Waals surface area contributed by atoms with Gasteiger partial charge in [0.1, 0.15) is 4.88 Å². The fourth-order valence-electron chi connectivity index (χ4n) is 3.15. The third-order valence-corrected chi connectivity index (χ3v) is 5.56. The molecule has 1 aliphatic rings. The molecule has 1 aromatic carbocycles. The second kappa shape index (κ2) is 7.78. The number of nitrogens with one attached hydrogen (secondary N) is 1. The highest BCUT2D eigenvalue weighted by Gasteiger charge is 2.32. The molecule has 132 valence electrons. The van der Waals surface area contributed by atoms with Crippen molar-refractivity contribution in [2.75, 3.05) is 19.6 Å². The normalized spacial score (nSPS) is 16.9. The van der Waals surface area contributed by atoms with Crippen LogP contribution in [-0.2, 0) is 11.2 Å². The van der Waals surface area contributed by atoms with E-state index in [9.17, 15) is 9.59 Å². The van der Waals surface area contributed by atoms with Crippen LogP contribution < -0.4 is 5.32 Å². The summed E-state index contributed by atoms with van der Waals surface area (Å²) in [5.41, 5.74) is 1.99. The summed E-state index contributed by atoms with van der Waals surface area (Å²) < 4.78 is 0. The summed E-state index contributed by atoms with van der Waals surface area (Å²) in [6, 6.07) is 10.1. The SMILES string of the molecule is Cc1nc(C)c(C(=O)N2CCC(C(=O)NCCc3ccccc3)C2)s1. The molecule has 3 rings (SSSR count). The Balaban J connectivity index is 1.49. The average molecular weight is 357 g/mol. The molecule has 0 bridgehead atoms. The van der Waals surface area contributed by atoms with Crippen LogP contribution in [0.15, 0.2) is 30.3 Å². The summed E-state index contributed by atoms with van der Waals surface area (Å²) in [5.74, 6) is -0.0693.